The lowest BCUT2D eigenvalue weighted by Gasteiger charge is -2.29. The second-order valence-corrected chi connectivity index (χ2v) is 5.41. The van der Waals surface area contributed by atoms with Gasteiger partial charge in [0.15, 0.2) is 0 Å². The number of nitrogens with one attached hydrogen (secondary N) is 1. The van der Waals surface area contributed by atoms with Gasteiger partial charge in [0.2, 0.25) is 0 Å². The van der Waals surface area contributed by atoms with Crippen molar-refractivity contribution < 1.29 is 15.0 Å². The zero-order chi connectivity index (χ0) is 15.5. The first-order chi connectivity index (χ1) is 9.91. The first kappa shape index (κ1) is 15.6. The van der Waals surface area contributed by atoms with Crippen LogP contribution in [0.5, 0.6) is 0 Å². The summed E-state index contributed by atoms with van der Waals surface area (Å²) in [6.07, 6.45) is -1.22. The van der Waals surface area contributed by atoms with E-state index in [1.807, 2.05) is 0 Å². The third-order valence-corrected chi connectivity index (χ3v) is 3.61. The number of amides is 1. The van der Waals surface area contributed by atoms with Gasteiger partial charge in [0, 0.05) is 10.0 Å². The molecule has 0 aliphatic heterocycles. The minimum Gasteiger partial charge on any atom is -0.465 e. The van der Waals surface area contributed by atoms with Crippen molar-refractivity contribution in [3.05, 3.63) is 69.7 Å². The molecule has 0 spiro atoms. The summed E-state index contributed by atoms with van der Waals surface area (Å²) in [6, 6.07) is 13.2. The van der Waals surface area contributed by atoms with Gasteiger partial charge < -0.3 is 15.5 Å². The molecule has 110 valence electrons. The molecule has 0 aliphatic rings. The molecule has 1 atom stereocenters. The molecule has 0 heterocycles. The number of hydrogen-bond donors (Lipinski definition) is 3. The van der Waals surface area contributed by atoms with Crippen LogP contribution in [0.2, 0.25) is 10.0 Å². The number of benzene rings is 2. The summed E-state index contributed by atoms with van der Waals surface area (Å²) in [7, 11) is 0. The lowest BCUT2D eigenvalue weighted by atomic mass is 9.86. The van der Waals surface area contributed by atoms with Crippen molar-refractivity contribution in [2.45, 2.75) is 5.60 Å². The molecule has 0 saturated carbocycles. The molecule has 2 aromatic rings. The predicted molar refractivity (Wildman–Crippen MR) is 81.9 cm³/mol. The van der Waals surface area contributed by atoms with Crippen LogP contribution in [-0.4, -0.2) is 22.9 Å². The normalized spacial score (nSPS) is 13.5. The van der Waals surface area contributed by atoms with Crippen molar-refractivity contribution in [2.75, 3.05) is 6.54 Å². The molecule has 0 aliphatic carbocycles. The Bertz CT molecular complexity index is 646. The van der Waals surface area contributed by atoms with Crippen molar-refractivity contribution in [1.82, 2.24) is 5.32 Å². The molecule has 21 heavy (non-hydrogen) atoms. The number of rotatable bonds is 4. The largest absolute Gasteiger partial charge is 0.465 e. The Labute approximate surface area is 131 Å². The summed E-state index contributed by atoms with van der Waals surface area (Å²) in [5.41, 5.74) is -0.526. The fraction of sp³-hybridized carbons (Fsp3) is 0.133. The van der Waals surface area contributed by atoms with Crippen LogP contribution in [0.15, 0.2) is 48.5 Å². The molecule has 2 rings (SSSR count). The molecule has 0 aromatic heterocycles. The third kappa shape index (κ3) is 3.67. The number of hydrogen-bond acceptors (Lipinski definition) is 2. The van der Waals surface area contributed by atoms with Crippen LogP contribution in [0.3, 0.4) is 0 Å². The third-order valence-electron chi connectivity index (χ3n) is 3.12. The Balaban J connectivity index is 2.47. The molecular weight excluding hydrogens is 313 g/mol. The average Bonchev–Trinajstić information content (AvgIpc) is 2.45. The van der Waals surface area contributed by atoms with Crippen molar-refractivity contribution >= 4 is 29.3 Å². The maximum absolute atomic E-state index is 11.0. The highest BCUT2D eigenvalue weighted by molar-refractivity contribution is 6.30. The standard InChI is InChI=1S/C15H13Cl2NO3/c16-12-6-4-10(5-7-12)15(21,9-18-14(19)20)11-2-1-3-13(17)8-11/h1-8,18,21H,9H2,(H,19,20)/t15-/m1/s1. The average molecular weight is 326 g/mol. The maximum atomic E-state index is 11.0. The van der Waals surface area contributed by atoms with Crippen LogP contribution in [-0.2, 0) is 5.60 Å². The van der Waals surface area contributed by atoms with E-state index in [0.29, 0.717) is 21.2 Å². The van der Waals surface area contributed by atoms with E-state index in [1.54, 1.807) is 48.5 Å². The van der Waals surface area contributed by atoms with Crippen molar-refractivity contribution in [2.24, 2.45) is 0 Å². The van der Waals surface area contributed by atoms with Crippen molar-refractivity contribution in [3.8, 4) is 0 Å². The van der Waals surface area contributed by atoms with Gasteiger partial charge in [0.05, 0.1) is 6.54 Å². The fourth-order valence-corrected chi connectivity index (χ4v) is 2.36. The van der Waals surface area contributed by atoms with Crippen LogP contribution >= 0.6 is 23.2 Å². The summed E-state index contributed by atoms with van der Waals surface area (Å²) in [5.74, 6) is 0. The van der Waals surface area contributed by atoms with E-state index in [0.717, 1.165) is 0 Å². The molecule has 2 aromatic carbocycles. The maximum Gasteiger partial charge on any atom is 0.404 e. The van der Waals surface area contributed by atoms with E-state index in [2.05, 4.69) is 5.32 Å². The van der Waals surface area contributed by atoms with Gasteiger partial charge in [-0.1, -0.05) is 47.5 Å². The highest BCUT2D eigenvalue weighted by Gasteiger charge is 2.32. The Morgan fingerprint density at radius 2 is 1.71 bits per heavy atom. The van der Waals surface area contributed by atoms with Crippen LogP contribution in [0, 0.1) is 0 Å². The monoisotopic (exact) mass is 325 g/mol. The van der Waals surface area contributed by atoms with E-state index < -0.39 is 11.7 Å². The van der Waals surface area contributed by atoms with Gasteiger partial charge >= 0.3 is 6.09 Å². The first-order valence-electron chi connectivity index (χ1n) is 6.13. The smallest absolute Gasteiger partial charge is 0.404 e. The highest BCUT2D eigenvalue weighted by Crippen LogP contribution is 2.31. The second kappa shape index (κ2) is 6.35. The highest BCUT2D eigenvalue weighted by atomic mass is 35.5. The minimum absolute atomic E-state index is 0.204. The van der Waals surface area contributed by atoms with Crippen LogP contribution < -0.4 is 5.32 Å². The summed E-state index contributed by atoms with van der Waals surface area (Å²) >= 11 is 11.8. The lowest BCUT2D eigenvalue weighted by molar-refractivity contribution is 0.0787. The Morgan fingerprint density at radius 3 is 2.29 bits per heavy atom. The van der Waals surface area contributed by atoms with Crippen LogP contribution in [0.25, 0.3) is 0 Å². The van der Waals surface area contributed by atoms with Crippen molar-refractivity contribution in [3.63, 3.8) is 0 Å². The molecule has 0 saturated heterocycles. The van der Waals surface area contributed by atoms with E-state index in [9.17, 15) is 9.90 Å². The molecule has 0 fully saturated rings. The molecule has 6 heteroatoms. The summed E-state index contributed by atoms with van der Waals surface area (Å²) in [6.45, 7) is -0.204. The van der Waals surface area contributed by atoms with Crippen LogP contribution in [0.1, 0.15) is 11.1 Å². The molecule has 4 nitrogen and oxygen atoms in total. The van der Waals surface area contributed by atoms with E-state index >= 15 is 0 Å². The van der Waals surface area contributed by atoms with Gasteiger partial charge in [-0.3, -0.25) is 0 Å². The molecule has 3 N–H and O–H groups in total. The predicted octanol–water partition coefficient (Wildman–Crippen LogP) is 3.50. The van der Waals surface area contributed by atoms with Gasteiger partial charge in [-0.05, 0) is 35.4 Å². The van der Waals surface area contributed by atoms with Gasteiger partial charge in [-0.2, -0.15) is 0 Å². The van der Waals surface area contributed by atoms with Gasteiger partial charge in [0.25, 0.3) is 0 Å². The number of carboxylic acid groups (broad SMARTS) is 1. The molecule has 1 amide bonds. The van der Waals surface area contributed by atoms with Crippen molar-refractivity contribution in [1.29, 1.82) is 0 Å². The second-order valence-electron chi connectivity index (χ2n) is 4.54. The van der Waals surface area contributed by atoms with Gasteiger partial charge in [-0.25, -0.2) is 4.79 Å². The Hall–Kier alpha value is -1.75. The van der Waals surface area contributed by atoms with E-state index in [1.165, 1.54) is 0 Å². The summed E-state index contributed by atoms with van der Waals surface area (Å²) < 4.78 is 0. The zero-order valence-electron chi connectivity index (χ0n) is 10.9. The summed E-state index contributed by atoms with van der Waals surface area (Å²) in [5, 5.41) is 23.0. The minimum atomic E-state index is -1.53. The SMILES string of the molecule is O=C(O)NC[C@@](O)(c1ccc(Cl)cc1)c1cccc(Cl)c1. The van der Waals surface area contributed by atoms with Gasteiger partial charge in [-0.15, -0.1) is 0 Å². The molecular formula is C15H13Cl2NO3. The molecule has 0 bridgehead atoms. The van der Waals surface area contributed by atoms with Gasteiger partial charge in [0.1, 0.15) is 5.60 Å². The molecule has 0 unspecified atom stereocenters. The topological polar surface area (TPSA) is 69.6 Å². The number of aliphatic hydroxyl groups is 1. The van der Waals surface area contributed by atoms with Crippen LogP contribution in [0.4, 0.5) is 4.79 Å². The quantitative estimate of drug-likeness (QED) is 0.805. The number of carbonyl (C=O) groups is 1. The Morgan fingerprint density at radius 1 is 1.05 bits per heavy atom. The first-order valence-corrected chi connectivity index (χ1v) is 6.89. The van der Waals surface area contributed by atoms with E-state index in [-0.39, 0.29) is 6.54 Å². The molecule has 0 radical (unpaired) electrons. The zero-order valence-corrected chi connectivity index (χ0v) is 12.4. The lowest BCUT2D eigenvalue weighted by Crippen LogP contribution is -2.41. The summed E-state index contributed by atoms with van der Waals surface area (Å²) in [4.78, 5) is 10.8. The fourth-order valence-electron chi connectivity index (χ4n) is 2.05. The van der Waals surface area contributed by atoms with E-state index in [4.69, 9.17) is 28.3 Å². The Kier molecular flexibility index (Phi) is 4.73. The number of halogens is 2.